The van der Waals surface area contributed by atoms with Gasteiger partial charge in [-0.2, -0.15) is 0 Å². The number of nitrogens with zero attached hydrogens (tertiary/aromatic N) is 2. The van der Waals surface area contributed by atoms with E-state index in [9.17, 15) is 0 Å². The van der Waals surface area contributed by atoms with Crippen molar-refractivity contribution in [2.75, 3.05) is 14.2 Å². The minimum Gasteiger partial charge on any atom is -0.497 e. The van der Waals surface area contributed by atoms with Crippen LogP contribution >= 0.6 is 0 Å². The molecule has 630 valence electrons. The Hall–Kier alpha value is -15.9. The van der Waals surface area contributed by atoms with Gasteiger partial charge in [-0.15, -0.1) is 0 Å². The van der Waals surface area contributed by atoms with E-state index in [0.717, 1.165) is 78.3 Å². The van der Waals surface area contributed by atoms with Crippen molar-refractivity contribution in [2.24, 2.45) is 0 Å². The molecule has 0 fully saturated rings. The summed E-state index contributed by atoms with van der Waals surface area (Å²) in [4.78, 5) is 0. The van der Waals surface area contributed by atoms with E-state index >= 15 is 0 Å². The Morgan fingerprint density at radius 2 is 0.364 bits per heavy atom. The maximum absolute atomic E-state index is 6.88. The van der Waals surface area contributed by atoms with Crippen molar-refractivity contribution in [1.29, 1.82) is 0 Å². The molecule has 1 unspecified atom stereocenters. The van der Waals surface area contributed by atoms with E-state index in [1.807, 2.05) is 66.7 Å². The molecule has 0 N–H and O–H groups in total. The van der Waals surface area contributed by atoms with E-state index in [4.69, 9.17) is 18.9 Å². The highest BCUT2D eigenvalue weighted by Gasteiger charge is 2.47. The first-order valence-electron chi connectivity index (χ1n) is 45.1. The van der Waals surface area contributed by atoms with Crippen LogP contribution in [0.3, 0.4) is 0 Å². The summed E-state index contributed by atoms with van der Waals surface area (Å²) in [7, 11) is -9.64. The number of benzene rings is 20. The summed E-state index contributed by atoms with van der Waals surface area (Å²) in [5.41, 5.74) is 8.59. The van der Waals surface area contributed by atoms with Crippen LogP contribution in [-0.4, -0.2) is 55.6 Å². The molecule has 0 radical (unpaired) electrons. The number of hydrogen-bond donors (Lipinski definition) is 0. The van der Waals surface area contributed by atoms with Crippen LogP contribution in [-0.2, 0) is 0 Å². The molecule has 0 aliphatic carbocycles. The lowest BCUT2D eigenvalue weighted by Crippen LogP contribution is -2.75. The molecule has 20 aromatic carbocycles. The van der Waals surface area contributed by atoms with Crippen LogP contribution in [0.25, 0.3) is 66.1 Å². The van der Waals surface area contributed by atoms with Gasteiger partial charge in [-0.25, -0.2) is 0 Å². The standard InChI is InChI=1S/C122H92N2O4Si4/c1-125-93-64-68-107(69-65-93)130(102-52-26-9-27-53-102,103-54-28-10-29-55-103)112-72-76-119-115(86-112)116-88-114(74-77-120(116)123(119)91-40-14-3-15-41-91)132(106-60-34-13-35-61-106,108-70-66-94(126-2)67-71-108)110-63-37-39-90(81-110)89-38-36-62-109(80-89)131(104-56-30-11-31-57-104,105-58-32-12-33-59-105)113-75-79-122-118(87-113)117-85-111(129(99-46-20-6-21-47-99,100-48-22-7-23-49-100)101-50-24-8-25-51-101)73-78-121(117)124(122)92-82-97(127-95-42-16-4-17-43-95)84-98(83-92)128-96-44-18-5-19-45-96/h3-88H,1-2H3. The normalized spacial score (nSPS) is 12.2. The number of hydrogen-bond acceptors (Lipinski definition) is 4. The molecule has 6 nitrogen and oxygen atoms in total. The number of aromatic nitrogens is 2. The predicted molar refractivity (Wildman–Crippen MR) is 561 cm³/mol. The van der Waals surface area contributed by atoms with E-state index in [1.165, 1.54) is 93.8 Å². The quantitative estimate of drug-likeness (QED) is 0.0423. The smallest absolute Gasteiger partial charge is 0.179 e. The van der Waals surface area contributed by atoms with Gasteiger partial charge < -0.3 is 28.1 Å². The Labute approximate surface area is 774 Å². The largest absolute Gasteiger partial charge is 0.497 e. The predicted octanol–water partition coefficient (Wildman–Crippen LogP) is 18.7. The van der Waals surface area contributed by atoms with Gasteiger partial charge in [0.1, 0.15) is 34.5 Å². The molecular formula is C122H92N2O4Si4. The Balaban J connectivity index is 0.773. The van der Waals surface area contributed by atoms with Crippen molar-refractivity contribution in [3.05, 3.63) is 522 Å². The third-order valence-electron chi connectivity index (χ3n) is 27.0. The van der Waals surface area contributed by atoms with Gasteiger partial charge in [0.15, 0.2) is 32.3 Å². The molecule has 22 rings (SSSR count). The Morgan fingerprint density at radius 1 is 0.152 bits per heavy atom. The first kappa shape index (κ1) is 81.8. The number of methoxy groups -OCH3 is 2. The molecule has 2 heterocycles. The summed E-state index contributed by atoms with van der Waals surface area (Å²) in [6.45, 7) is 0. The summed E-state index contributed by atoms with van der Waals surface area (Å²) in [6.07, 6.45) is 0. The van der Waals surface area contributed by atoms with Crippen molar-refractivity contribution < 1.29 is 18.9 Å². The summed E-state index contributed by atoms with van der Waals surface area (Å²) in [5.74, 6) is 4.37. The minimum absolute atomic E-state index is 0.646. The van der Waals surface area contributed by atoms with Crippen molar-refractivity contribution in [3.8, 4) is 57.0 Å². The molecule has 22 aromatic rings. The van der Waals surface area contributed by atoms with Crippen LogP contribution in [0.4, 0.5) is 0 Å². The second kappa shape index (κ2) is 35.3. The van der Waals surface area contributed by atoms with Crippen LogP contribution in [0.1, 0.15) is 0 Å². The zero-order valence-electron chi connectivity index (χ0n) is 73.2. The fourth-order valence-corrected chi connectivity index (χ4v) is 40.3. The minimum atomic E-state index is -3.47. The molecule has 10 heteroatoms. The average molecular weight is 1760 g/mol. The lowest BCUT2D eigenvalue weighted by Gasteiger charge is -2.35. The van der Waals surface area contributed by atoms with Gasteiger partial charge in [0.2, 0.25) is 0 Å². The highest BCUT2D eigenvalue weighted by Crippen LogP contribution is 2.40. The molecular weight excluding hydrogens is 1670 g/mol. The number of para-hydroxylation sites is 3. The molecule has 1 atom stereocenters. The Bertz CT molecular complexity index is 7630. The number of rotatable bonds is 25. The summed E-state index contributed by atoms with van der Waals surface area (Å²) in [6, 6.07) is 195. The lowest BCUT2D eigenvalue weighted by atomic mass is 10.1. The Morgan fingerprint density at radius 3 is 0.629 bits per heavy atom. The average Bonchev–Trinajstić information content (AvgIpc) is 1.48. The number of fused-ring (bicyclic) bond motifs is 6. The van der Waals surface area contributed by atoms with Gasteiger partial charge in [0, 0.05) is 45.4 Å². The second-order valence-electron chi connectivity index (χ2n) is 34.0. The molecule has 0 amide bonds. The first-order valence-corrected chi connectivity index (χ1v) is 53.1. The highest BCUT2D eigenvalue weighted by atomic mass is 28.3. The third kappa shape index (κ3) is 14.2. The molecule has 0 saturated heterocycles. The van der Waals surface area contributed by atoms with E-state index < -0.39 is 32.3 Å². The van der Waals surface area contributed by atoms with Crippen molar-refractivity contribution in [3.63, 3.8) is 0 Å². The fourth-order valence-electron chi connectivity index (χ4n) is 21.2. The van der Waals surface area contributed by atoms with Gasteiger partial charge in [0.05, 0.1) is 42.0 Å². The summed E-state index contributed by atoms with van der Waals surface area (Å²) in [5, 5.41) is 25.0. The summed E-state index contributed by atoms with van der Waals surface area (Å²) >= 11 is 0. The van der Waals surface area contributed by atoms with Crippen molar-refractivity contribution in [2.45, 2.75) is 0 Å². The zero-order chi connectivity index (χ0) is 88.4. The van der Waals surface area contributed by atoms with Crippen LogP contribution in [0.5, 0.6) is 34.5 Å². The van der Waals surface area contributed by atoms with Crippen molar-refractivity contribution in [1.82, 2.24) is 9.13 Å². The lowest BCUT2D eigenvalue weighted by molar-refractivity contribution is 0.415. The molecule has 132 heavy (non-hydrogen) atoms. The maximum atomic E-state index is 6.88. The van der Waals surface area contributed by atoms with Crippen LogP contribution in [0, 0.1) is 0 Å². The van der Waals surface area contributed by atoms with E-state index in [0.29, 0.717) is 11.5 Å². The monoisotopic (exact) mass is 1760 g/mol. The maximum Gasteiger partial charge on any atom is 0.179 e. The molecule has 0 aliphatic rings. The first-order chi connectivity index (χ1) is 65.3. The van der Waals surface area contributed by atoms with Crippen LogP contribution in [0.2, 0.25) is 0 Å². The SMILES string of the molecule is COc1ccc([Si](c2ccccc2)(c2ccccc2)c2ccc3c(c2)c2cc([Si](c4ccccc4)(c4ccc(OC)cc4)c4cccc(-c5cccc([Si](c6ccccc6)(c6ccccc6)c6ccc7c(c6)c6cc([Si](c8ccccc8)(c8ccccc8)c8ccccc8)ccc6n7-c6cc(Oc7ccccc7)cc(Oc7ccccc7)c6)c5)c4)ccc2n3-c2ccccc2)cc1. The van der Waals surface area contributed by atoms with Gasteiger partial charge in [0.25, 0.3) is 0 Å². The van der Waals surface area contributed by atoms with Gasteiger partial charge in [-0.3, -0.25) is 0 Å². The van der Waals surface area contributed by atoms with Crippen LogP contribution in [0.15, 0.2) is 522 Å². The van der Waals surface area contributed by atoms with Gasteiger partial charge >= 0.3 is 0 Å². The fraction of sp³-hybridized carbons (Fsp3) is 0.0164. The highest BCUT2D eigenvalue weighted by molar-refractivity contribution is 7.22. The molecule has 0 spiro atoms. The van der Waals surface area contributed by atoms with Gasteiger partial charge in [-0.1, -0.05) is 419 Å². The van der Waals surface area contributed by atoms with E-state index in [1.54, 1.807) is 14.2 Å². The molecule has 0 aliphatic heterocycles. The van der Waals surface area contributed by atoms with Crippen molar-refractivity contribution >= 4 is 159 Å². The van der Waals surface area contributed by atoms with Gasteiger partial charge in [-0.05, 0) is 179 Å². The molecule has 0 bridgehead atoms. The summed E-state index contributed by atoms with van der Waals surface area (Å²) < 4.78 is 30.6. The van der Waals surface area contributed by atoms with E-state index in [2.05, 4.69) is 464 Å². The van der Waals surface area contributed by atoms with Crippen LogP contribution < -0.4 is 102 Å². The number of ether oxygens (including phenoxy) is 4. The third-order valence-corrected chi connectivity index (χ3v) is 46.0. The Kier molecular flexibility index (Phi) is 21.8. The second-order valence-corrected chi connectivity index (χ2v) is 49.2. The zero-order valence-corrected chi connectivity index (χ0v) is 77.2. The van der Waals surface area contributed by atoms with E-state index in [-0.39, 0.29) is 0 Å². The molecule has 2 aromatic heterocycles. The topological polar surface area (TPSA) is 46.8 Å². The molecule has 0 saturated carbocycles.